The molecule has 0 bridgehead atoms. The molecule has 0 aliphatic carbocycles. The Hall–Kier alpha value is -1.24. The van der Waals surface area contributed by atoms with Crippen LogP contribution in [0, 0.1) is 0 Å². The Morgan fingerprint density at radius 2 is 1.45 bits per heavy atom. The lowest BCUT2D eigenvalue weighted by Gasteiger charge is -2.37. The summed E-state index contributed by atoms with van der Waals surface area (Å²) in [7, 11) is 0. The lowest BCUT2D eigenvalue weighted by Crippen LogP contribution is -2.38. The number of nitrogens with zero attached hydrogens (tertiary/aromatic N) is 1. The van der Waals surface area contributed by atoms with Gasteiger partial charge in [-0.05, 0) is 19.1 Å². The highest BCUT2D eigenvalue weighted by atomic mass is 15.2. The van der Waals surface area contributed by atoms with Crippen LogP contribution in [0.5, 0.6) is 0 Å². The van der Waals surface area contributed by atoms with Gasteiger partial charge >= 0.3 is 0 Å². The molecule has 2 heterocycles. The fourth-order valence-corrected chi connectivity index (χ4v) is 1.38. The van der Waals surface area contributed by atoms with Crippen LogP contribution in [0.15, 0.2) is 48.9 Å². The van der Waals surface area contributed by atoms with Gasteiger partial charge in [0, 0.05) is 12.4 Å². The fourth-order valence-electron chi connectivity index (χ4n) is 1.38. The van der Waals surface area contributed by atoms with Crippen LogP contribution in [0.2, 0.25) is 0 Å². The minimum atomic E-state index is 0.0729. The van der Waals surface area contributed by atoms with E-state index < -0.39 is 0 Å². The first kappa shape index (κ1) is 6.47. The summed E-state index contributed by atoms with van der Waals surface area (Å²) < 4.78 is 0. The molecule has 11 heavy (non-hydrogen) atoms. The molecule has 0 saturated heterocycles. The number of rotatable bonds is 0. The highest BCUT2D eigenvalue weighted by molar-refractivity contribution is 5.32. The van der Waals surface area contributed by atoms with Crippen molar-refractivity contribution in [2.24, 2.45) is 0 Å². The molecule has 2 aliphatic rings. The number of allylic oxidation sites excluding steroid dienone is 4. The first-order chi connectivity index (χ1) is 5.31. The molecule has 0 saturated carbocycles. The van der Waals surface area contributed by atoms with Crippen LogP contribution in [0.1, 0.15) is 6.92 Å². The van der Waals surface area contributed by atoms with Gasteiger partial charge in [0.2, 0.25) is 0 Å². The van der Waals surface area contributed by atoms with Crippen molar-refractivity contribution in [3.63, 3.8) is 0 Å². The van der Waals surface area contributed by atoms with E-state index in [1.54, 1.807) is 0 Å². The van der Waals surface area contributed by atoms with E-state index >= 15 is 0 Å². The topological polar surface area (TPSA) is 3.24 Å². The van der Waals surface area contributed by atoms with Gasteiger partial charge in [0.25, 0.3) is 0 Å². The van der Waals surface area contributed by atoms with Gasteiger partial charge in [0.1, 0.15) is 0 Å². The molecule has 2 aliphatic heterocycles. The van der Waals surface area contributed by atoms with Crippen molar-refractivity contribution < 1.29 is 0 Å². The van der Waals surface area contributed by atoms with Gasteiger partial charge in [-0.1, -0.05) is 24.3 Å². The molecule has 0 fully saturated rings. The second kappa shape index (κ2) is 2.12. The summed E-state index contributed by atoms with van der Waals surface area (Å²) in [6.45, 7) is 2.19. The van der Waals surface area contributed by atoms with Crippen LogP contribution >= 0.6 is 0 Å². The highest BCUT2D eigenvalue weighted by Crippen LogP contribution is 2.25. The molecule has 0 amide bonds. The van der Waals surface area contributed by atoms with E-state index in [1.165, 1.54) is 0 Å². The van der Waals surface area contributed by atoms with Crippen LogP contribution < -0.4 is 0 Å². The quantitative estimate of drug-likeness (QED) is 0.505. The first-order valence-electron chi connectivity index (χ1n) is 3.82. The maximum Gasteiger partial charge on any atom is 0.0783 e. The predicted octanol–water partition coefficient (Wildman–Crippen LogP) is 2.21. The third-order valence-corrected chi connectivity index (χ3v) is 2.14. The summed E-state index contributed by atoms with van der Waals surface area (Å²) in [5, 5.41) is 0. The zero-order chi connectivity index (χ0) is 7.73. The Bertz CT molecular complexity index is 245. The molecule has 1 heteroatoms. The predicted molar refractivity (Wildman–Crippen MR) is 46.8 cm³/mol. The summed E-state index contributed by atoms with van der Waals surface area (Å²) in [5.41, 5.74) is 0.0729. The van der Waals surface area contributed by atoms with E-state index in [0.29, 0.717) is 0 Å². The van der Waals surface area contributed by atoms with Crippen LogP contribution in [0.25, 0.3) is 0 Å². The average molecular weight is 145 g/mol. The molecule has 56 valence electrons. The SMILES string of the molecule is CC12C=CC=CN1C=CC=C2. The summed E-state index contributed by atoms with van der Waals surface area (Å²) in [5.74, 6) is 0. The third-order valence-electron chi connectivity index (χ3n) is 2.14. The lowest BCUT2D eigenvalue weighted by molar-refractivity contribution is 0.350. The van der Waals surface area contributed by atoms with Gasteiger partial charge in [-0.25, -0.2) is 0 Å². The van der Waals surface area contributed by atoms with Gasteiger partial charge in [-0.3, -0.25) is 0 Å². The fraction of sp³-hybridized carbons (Fsp3) is 0.200. The normalized spacial score (nSPS) is 23.9. The van der Waals surface area contributed by atoms with E-state index in [1.807, 2.05) is 12.2 Å². The second-order valence-corrected chi connectivity index (χ2v) is 3.03. The van der Waals surface area contributed by atoms with Crippen molar-refractivity contribution in [3.05, 3.63) is 48.9 Å². The number of hydrogen-bond donors (Lipinski definition) is 0. The van der Waals surface area contributed by atoms with Crippen molar-refractivity contribution >= 4 is 0 Å². The molecule has 0 unspecified atom stereocenters. The van der Waals surface area contributed by atoms with Gasteiger partial charge < -0.3 is 4.90 Å². The molecular weight excluding hydrogens is 134 g/mol. The standard InChI is InChI=1S/C10H11N/c1-10-6-2-4-8-11(10)9-5-3-7-10/h2-9H,1H3. The summed E-state index contributed by atoms with van der Waals surface area (Å²) in [4.78, 5) is 2.19. The molecule has 0 aromatic heterocycles. The van der Waals surface area contributed by atoms with Crippen molar-refractivity contribution in [2.45, 2.75) is 12.5 Å². The number of hydrogen-bond acceptors (Lipinski definition) is 1. The molecule has 1 nitrogen and oxygen atoms in total. The largest absolute Gasteiger partial charge is 0.342 e. The zero-order valence-electron chi connectivity index (χ0n) is 6.57. The van der Waals surface area contributed by atoms with Gasteiger partial charge in [0.05, 0.1) is 5.54 Å². The van der Waals surface area contributed by atoms with Gasteiger partial charge in [-0.15, -0.1) is 0 Å². The van der Waals surface area contributed by atoms with Gasteiger partial charge in [0.15, 0.2) is 0 Å². The van der Waals surface area contributed by atoms with E-state index in [4.69, 9.17) is 0 Å². The van der Waals surface area contributed by atoms with E-state index in [0.717, 1.165) is 0 Å². The Labute approximate surface area is 67.0 Å². The van der Waals surface area contributed by atoms with Crippen molar-refractivity contribution in [2.75, 3.05) is 0 Å². The lowest BCUT2D eigenvalue weighted by atomic mass is 9.95. The number of fused-ring (bicyclic) bond motifs is 1. The monoisotopic (exact) mass is 145 g/mol. The third kappa shape index (κ3) is 0.929. The molecule has 0 N–H and O–H groups in total. The highest BCUT2D eigenvalue weighted by Gasteiger charge is 2.24. The molecular formula is C10H11N. The minimum Gasteiger partial charge on any atom is -0.342 e. The molecule has 0 radical (unpaired) electrons. The molecule has 0 aromatic rings. The summed E-state index contributed by atoms with van der Waals surface area (Å²) in [6, 6.07) is 0. The second-order valence-electron chi connectivity index (χ2n) is 3.03. The Morgan fingerprint density at radius 1 is 0.909 bits per heavy atom. The van der Waals surface area contributed by atoms with E-state index in [-0.39, 0.29) is 5.54 Å². The first-order valence-corrected chi connectivity index (χ1v) is 3.82. The summed E-state index contributed by atoms with van der Waals surface area (Å²) in [6.07, 6.45) is 16.8. The Balaban J connectivity index is 2.40. The van der Waals surface area contributed by atoms with Crippen LogP contribution in [0.3, 0.4) is 0 Å². The smallest absolute Gasteiger partial charge is 0.0783 e. The van der Waals surface area contributed by atoms with Crippen LogP contribution in [-0.4, -0.2) is 10.4 Å². The average Bonchev–Trinajstić information content (AvgIpc) is 2.03. The molecule has 0 spiro atoms. The molecule has 0 aromatic carbocycles. The maximum absolute atomic E-state index is 2.19. The van der Waals surface area contributed by atoms with Crippen molar-refractivity contribution in [1.82, 2.24) is 4.90 Å². The summed E-state index contributed by atoms with van der Waals surface area (Å²) >= 11 is 0. The van der Waals surface area contributed by atoms with Crippen molar-refractivity contribution in [1.29, 1.82) is 0 Å². The van der Waals surface area contributed by atoms with Gasteiger partial charge in [-0.2, -0.15) is 0 Å². The minimum absolute atomic E-state index is 0.0729. The van der Waals surface area contributed by atoms with E-state index in [9.17, 15) is 0 Å². The van der Waals surface area contributed by atoms with E-state index in [2.05, 4.69) is 48.5 Å². The Kier molecular flexibility index (Phi) is 1.25. The maximum atomic E-state index is 2.19. The van der Waals surface area contributed by atoms with Crippen LogP contribution in [-0.2, 0) is 0 Å². The van der Waals surface area contributed by atoms with Crippen molar-refractivity contribution in [3.8, 4) is 0 Å². The van der Waals surface area contributed by atoms with Crippen LogP contribution in [0.4, 0.5) is 0 Å². The molecule has 0 atom stereocenters. The zero-order valence-corrected chi connectivity index (χ0v) is 6.57. The molecule has 2 rings (SSSR count). The Morgan fingerprint density at radius 3 is 1.91 bits per heavy atom.